The molecule has 0 fully saturated rings. The molecule has 35 heavy (non-hydrogen) atoms. The minimum Gasteiger partial charge on any atom is -0.493 e. The first-order chi connectivity index (χ1) is 16.9. The maximum absolute atomic E-state index is 13.7. The minimum atomic E-state index is -0.778. The molecule has 0 amide bonds. The van der Waals surface area contributed by atoms with E-state index >= 15 is 0 Å². The van der Waals surface area contributed by atoms with Crippen molar-refractivity contribution in [1.29, 1.82) is 0 Å². The number of hydrogen-bond acceptors (Lipinski definition) is 8. The van der Waals surface area contributed by atoms with E-state index in [-0.39, 0.29) is 12.2 Å². The van der Waals surface area contributed by atoms with E-state index in [0.29, 0.717) is 48.7 Å². The standard InChI is InChI=1S/C25H24BrN3O5S/c1-5-33-19-12-17(26)16(11-18(19)32-4)22-21(24(31)34-6-2)14(3)28-25-29(22)23(30)20(35-25)10-15-8-7-9-27-13-15/h7-13,22H,5-6H2,1-4H3/b20-10+/t22-/m0/s1. The molecule has 0 bridgehead atoms. The average molecular weight is 558 g/mol. The molecule has 1 atom stereocenters. The van der Waals surface area contributed by atoms with E-state index in [1.54, 1.807) is 57.6 Å². The Morgan fingerprint density at radius 1 is 1.26 bits per heavy atom. The fraction of sp³-hybridized carbons (Fsp3) is 0.280. The van der Waals surface area contributed by atoms with Crippen LogP contribution in [0.2, 0.25) is 0 Å². The first-order valence-electron chi connectivity index (χ1n) is 11.0. The van der Waals surface area contributed by atoms with E-state index in [1.165, 1.54) is 15.9 Å². The third-order valence-corrected chi connectivity index (χ3v) is 7.05. The van der Waals surface area contributed by atoms with Gasteiger partial charge in [0.25, 0.3) is 5.56 Å². The van der Waals surface area contributed by atoms with Crippen LogP contribution < -0.4 is 24.4 Å². The Hall–Kier alpha value is -3.24. The van der Waals surface area contributed by atoms with Gasteiger partial charge in [-0.1, -0.05) is 33.3 Å². The third-order valence-electron chi connectivity index (χ3n) is 5.38. The number of benzene rings is 1. The van der Waals surface area contributed by atoms with Crippen LogP contribution >= 0.6 is 27.3 Å². The molecule has 0 saturated carbocycles. The van der Waals surface area contributed by atoms with Gasteiger partial charge >= 0.3 is 5.97 Å². The molecule has 3 aromatic rings. The molecule has 1 aliphatic rings. The maximum atomic E-state index is 13.7. The zero-order chi connectivity index (χ0) is 25.1. The number of methoxy groups -OCH3 is 1. The molecule has 0 saturated heterocycles. The fourth-order valence-corrected chi connectivity index (χ4v) is 5.47. The monoisotopic (exact) mass is 557 g/mol. The highest BCUT2D eigenvalue weighted by Crippen LogP contribution is 2.40. The van der Waals surface area contributed by atoms with Crippen molar-refractivity contribution in [2.24, 2.45) is 4.99 Å². The van der Waals surface area contributed by atoms with E-state index in [4.69, 9.17) is 14.2 Å². The Labute approximate surface area is 214 Å². The van der Waals surface area contributed by atoms with E-state index in [2.05, 4.69) is 25.9 Å². The number of fused-ring (bicyclic) bond motifs is 1. The summed E-state index contributed by atoms with van der Waals surface area (Å²) in [4.78, 5) is 36.0. The summed E-state index contributed by atoms with van der Waals surface area (Å²) in [6, 6.07) is 6.45. The Kier molecular flexibility index (Phi) is 7.51. The van der Waals surface area contributed by atoms with Crippen LogP contribution in [0.4, 0.5) is 0 Å². The molecule has 4 rings (SSSR count). The normalized spacial score (nSPS) is 15.5. The van der Waals surface area contributed by atoms with Crippen molar-refractivity contribution in [3.05, 3.63) is 83.2 Å². The number of pyridine rings is 1. The summed E-state index contributed by atoms with van der Waals surface area (Å²) in [5.74, 6) is 0.508. The van der Waals surface area contributed by atoms with E-state index < -0.39 is 12.0 Å². The number of allylic oxidation sites excluding steroid dienone is 1. The van der Waals surface area contributed by atoms with Crippen molar-refractivity contribution in [1.82, 2.24) is 9.55 Å². The molecular weight excluding hydrogens is 534 g/mol. The van der Waals surface area contributed by atoms with Crippen LogP contribution in [0.15, 0.2) is 62.2 Å². The number of ether oxygens (including phenoxy) is 3. The first-order valence-corrected chi connectivity index (χ1v) is 12.6. The molecule has 1 aliphatic heterocycles. The second-order valence-corrected chi connectivity index (χ2v) is 9.41. The van der Waals surface area contributed by atoms with Crippen LogP contribution in [0.3, 0.4) is 0 Å². The van der Waals surface area contributed by atoms with E-state index in [9.17, 15) is 9.59 Å². The Balaban J connectivity index is 2.00. The van der Waals surface area contributed by atoms with E-state index in [0.717, 1.165) is 5.56 Å². The summed E-state index contributed by atoms with van der Waals surface area (Å²) in [6.07, 6.45) is 5.12. The predicted molar refractivity (Wildman–Crippen MR) is 136 cm³/mol. The van der Waals surface area contributed by atoms with Gasteiger partial charge in [0.2, 0.25) is 0 Å². The van der Waals surface area contributed by atoms with Gasteiger partial charge in [-0.05, 0) is 56.2 Å². The van der Waals surface area contributed by atoms with Gasteiger partial charge in [-0.3, -0.25) is 14.3 Å². The Morgan fingerprint density at radius 3 is 2.71 bits per heavy atom. The third kappa shape index (κ3) is 4.81. The topological polar surface area (TPSA) is 92.0 Å². The molecule has 2 aromatic heterocycles. The first kappa shape index (κ1) is 24.9. The van der Waals surface area contributed by atoms with Gasteiger partial charge in [0.1, 0.15) is 0 Å². The summed E-state index contributed by atoms with van der Waals surface area (Å²) in [5, 5.41) is 0. The van der Waals surface area contributed by atoms with Crippen molar-refractivity contribution in [3.63, 3.8) is 0 Å². The van der Waals surface area contributed by atoms with Crippen LogP contribution in [-0.4, -0.2) is 35.8 Å². The van der Waals surface area contributed by atoms with Gasteiger partial charge in [0, 0.05) is 16.9 Å². The summed E-state index contributed by atoms with van der Waals surface area (Å²) >= 11 is 4.88. The molecule has 182 valence electrons. The lowest BCUT2D eigenvalue weighted by Gasteiger charge is -2.26. The number of hydrogen-bond donors (Lipinski definition) is 0. The van der Waals surface area contributed by atoms with Gasteiger partial charge in [-0.15, -0.1) is 0 Å². The predicted octanol–water partition coefficient (Wildman–Crippen LogP) is 3.36. The maximum Gasteiger partial charge on any atom is 0.338 e. The lowest BCUT2D eigenvalue weighted by Crippen LogP contribution is -2.40. The second-order valence-electron chi connectivity index (χ2n) is 7.55. The minimum absolute atomic E-state index is 0.196. The van der Waals surface area contributed by atoms with E-state index in [1.807, 2.05) is 13.0 Å². The Bertz CT molecular complexity index is 1480. The largest absolute Gasteiger partial charge is 0.493 e. The smallest absolute Gasteiger partial charge is 0.338 e. The number of rotatable bonds is 7. The van der Waals surface area contributed by atoms with Crippen LogP contribution in [-0.2, 0) is 9.53 Å². The van der Waals surface area contributed by atoms with Gasteiger partial charge in [-0.2, -0.15) is 0 Å². The average Bonchev–Trinajstić information content (AvgIpc) is 3.14. The lowest BCUT2D eigenvalue weighted by atomic mass is 9.95. The summed E-state index contributed by atoms with van der Waals surface area (Å²) in [5.41, 5.74) is 1.95. The molecule has 8 nitrogen and oxygen atoms in total. The molecule has 10 heteroatoms. The summed E-state index contributed by atoms with van der Waals surface area (Å²) in [7, 11) is 1.54. The van der Waals surface area contributed by atoms with Crippen LogP contribution in [0.25, 0.3) is 6.08 Å². The van der Waals surface area contributed by atoms with Crippen molar-refractivity contribution in [3.8, 4) is 11.5 Å². The molecule has 0 spiro atoms. The number of esters is 1. The van der Waals surface area contributed by atoms with Crippen LogP contribution in [0.5, 0.6) is 11.5 Å². The number of carbonyl (C=O) groups excluding carboxylic acids is 1. The van der Waals surface area contributed by atoms with Gasteiger partial charge < -0.3 is 14.2 Å². The number of carbonyl (C=O) groups is 1. The molecule has 0 radical (unpaired) electrons. The number of aromatic nitrogens is 2. The molecule has 3 heterocycles. The Morgan fingerprint density at radius 2 is 2.06 bits per heavy atom. The van der Waals surface area contributed by atoms with Crippen LogP contribution in [0, 0.1) is 0 Å². The molecule has 0 N–H and O–H groups in total. The summed E-state index contributed by atoms with van der Waals surface area (Å²) < 4.78 is 19.3. The van der Waals surface area contributed by atoms with Crippen LogP contribution in [0.1, 0.15) is 37.9 Å². The zero-order valence-corrected chi connectivity index (χ0v) is 22.1. The van der Waals surface area contributed by atoms with Crippen molar-refractivity contribution >= 4 is 39.3 Å². The zero-order valence-electron chi connectivity index (χ0n) is 19.7. The number of halogens is 1. The van der Waals surface area contributed by atoms with Gasteiger partial charge in [0.05, 0.1) is 42.2 Å². The van der Waals surface area contributed by atoms with Crippen molar-refractivity contribution in [2.75, 3.05) is 20.3 Å². The number of thiazole rings is 1. The second kappa shape index (κ2) is 10.6. The van der Waals surface area contributed by atoms with Crippen molar-refractivity contribution in [2.45, 2.75) is 26.8 Å². The van der Waals surface area contributed by atoms with Crippen molar-refractivity contribution < 1.29 is 19.0 Å². The fourth-order valence-electron chi connectivity index (χ4n) is 3.89. The highest BCUT2D eigenvalue weighted by atomic mass is 79.9. The highest BCUT2D eigenvalue weighted by Gasteiger charge is 2.35. The highest BCUT2D eigenvalue weighted by molar-refractivity contribution is 9.10. The quantitative estimate of drug-likeness (QED) is 0.413. The molecule has 1 aromatic carbocycles. The molecule has 0 unspecified atom stereocenters. The summed E-state index contributed by atoms with van der Waals surface area (Å²) in [6.45, 7) is 6.02. The SMILES string of the molecule is CCOC(=O)C1=C(C)N=c2s/c(=C/c3cccnc3)c(=O)n2[C@H]1c1cc(OC)c(OCC)cc1Br. The molecular formula is C25H24BrN3O5S. The lowest BCUT2D eigenvalue weighted by molar-refractivity contribution is -0.139. The number of nitrogens with zero attached hydrogens (tertiary/aromatic N) is 3. The van der Waals surface area contributed by atoms with Gasteiger partial charge in [-0.25, -0.2) is 9.79 Å². The molecule has 0 aliphatic carbocycles. The van der Waals surface area contributed by atoms with Gasteiger partial charge in [0.15, 0.2) is 16.3 Å².